The third-order valence-corrected chi connectivity index (χ3v) is 4.25. The van der Waals surface area contributed by atoms with Crippen molar-refractivity contribution in [1.82, 2.24) is 4.98 Å². The van der Waals surface area contributed by atoms with Gasteiger partial charge in [0, 0.05) is 23.7 Å². The Morgan fingerprint density at radius 2 is 1.95 bits per heavy atom. The molecule has 20 heavy (non-hydrogen) atoms. The second kappa shape index (κ2) is 6.33. The molecule has 0 saturated carbocycles. The molecule has 0 bridgehead atoms. The molecule has 0 radical (unpaired) electrons. The van der Waals surface area contributed by atoms with Gasteiger partial charge in [-0.3, -0.25) is 0 Å². The minimum absolute atomic E-state index is 0.227. The smallest absolute Gasteiger partial charge is 0.190 e. The van der Waals surface area contributed by atoms with Crippen molar-refractivity contribution < 1.29 is 4.39 Å². The van der Waals surface area contributed by atoms with Gasteiger partial charge in [0.15, 0.2) is 5.13 Å². The summed E-state index contributed by atoms with van der Waals surface area (Å²) in [6, 6.07) is 6.49. The summed E-state index contributed by atoms with van der Waals surface area (Å²) in [6.45, 7) is 7.58. The first kappa shape index (κ1) is 14.9. The summed E-state index contributed by atoms with van der Waals surface area (Å²) in [7, 11) is 0. The number of hydrogen-bond donors (Lipinski definition) is 1. The summed E-state index contributed by atoms with van der Waals surface area (Å²) < 4.78 is 13.0. The monoisotopic (exact) mass is 293 g/mol. The van der Waals surface area contributed by atoms with E-state index >= 15 is 0 Å². The van der Waals surface area contributed by atoms with Crippen LogP contribution in [-0.4, -0.2) is 11.5 Å². The van der Waals surface area contributed by atoms with E-state index in [9.17, 15) is 4.39 Å². The maximum atomic E-state index is 13.0. The predicted octanol–water partition coefficient (Wildman–Crippen LogP) is 4.02. The highest BCUT2D eigenvalue weighted by Crippen LogP contribution is 2.34. The van der Waals surface area contributed by atoms with E-state index in [0.717, 1.165) is 27.9 Å². The molecular formula is C15H20FN3S. The van der Waals surface area contributed by atoms with Gasteiger partial charge in [0.25, 0.3) is 0 Å². The van der Waals surface area contributed by atoms with Crippen LogP contribution in [0, 0.1) is 5.82 Å². The maximum Gasteiger partial charge on any atom is 0.190 e. The van der Waals surface area contributed by atoms with Crippen molar-refractivity contribution in [2.45, 2.75) is 33.2 Å². The topological polar surface area (TPSA) is 42.2 Å². The van der Waals surface area contributed by atoms with Crippen molar-refractivity contribution in [1.29, 1.82) is 0 Å². The summed E-state index contributed by atoms with van der Waals surface area (Å²) in [5, 5.41) is 0.920. The van der Waals surface area contributed by atoms with Crippen molar-refractivity contribution in [3.8, 4) is 0 Å². The Morgan fingerprint density at radius 1 is 1.30 bits per heavy atom. The molecule has 0 aliphatic carbocycles. The zero-order valence-corrected chi connectivity index (χ0v) is 12.9. The third-order valence-electron chi connectivity index (χ3n) is 3.13. The lowest BCUT2D eigenvalue weighted by molar-refractivity contribution is 0.628. The van der Waals surface area contributed by atoms with E-state index in [-0.39, 0.29) is 5.82 Å². The van der Waals surface area contributed by atoms with Gasteiger partial charge in [0.2, 0.25) is 0 Å². The van der Waals surface area contributed by atoms with Gasteiger partial charge in [0.05, 0.1) is 5.69 Å². The standard InChI is InChI=1S/C15H20FN3S/c1-4-19(12-7-5-11(16)6-8-12)15-18-14(10(2)3)13(9-17)20-15/h5-8,10H,4,9,17H2,1-3H3. The predicted molar refractivity (Wildman–Crippen MR) is 83.2 cm³/mol. The second-order valence-electron chi connectivity index (χ2n) is 4.88. The largest absolute Gasteiger partial charge is 0.326 e. The van der Waals surface area contributed by atoms with Gasteiger partial charge in [-0.25, -0.2) is 9.37 Å². The van der Waals surface area contributed by atoms with E-state index in [1.165, 1.54) is 12.1 Å². The molecule has 1 aromatic carbocycles. The van der Waals surface area contributed by atoms with Gasteiger partial charge in [-0.15, -0.1) is 0 Å². The number of nitrogens with two attached hydrogens (primary N) is 1. The van der Waals surface area contributed by atoms with E-state index in [2.05, 4.69) is 25.7 Å². The normalized spacial score (nSPS) is 11.1. The second-order valence-corrected chi connectivity index (χ2v) is 5.95. The van der Waals surface area contributed by atoms with Crippen LogP contribution in [0.5, 0.6) is 0 Å². The molecule has 108 valence electrons. The lowest BCUT2D eigenvalue weighted by Crippen LogP contribution is -2.15. The molecule has 3 nitrogen and oxygen atoms in total. The van der Waals surface area contributed by atoms with Crippen LogP contribution in [0.25, 0.3) is 0 Å². The highest BCUT2D eigenvalue weighted by molar-refractivity contribution is 7.15. The van der Waals surface area contributed by atoms with Crippen LogP contribution in [-0.2, 0) is 6.54 Å². The zero-order chi connectivity index (χ0) is 14.7. The molecule has 1 heterocycles. The molecule has 2 aromatic rings. The van der Waals surface area contributed by atoms with E-state index in [0.29, 0.717) is 12.5 Å². The minimum atomic E-state index is -0.227. The van der Waals surface area contributed by atoms with Crippen LogP contribution >= 0.6 is 11.3 Å². The molecule has 1 aromatic heterocycles. The van der Waals surface area contributed by atoms with Crippen LogP contribution in [0.1, 0.15) is 37.3 Å². The van der Waals surface area contributed by atoms with Gasteiger partial charge in [-0.1, -0.05) is 25.2 Å². The quantitative estimate of drug-likeness (QED) is 0.905. The Kier molecular flexibility index (Phi) is 4.73. The molecule has 0 fully saturated rings. The van der Waals surface area contributed by atoms with Crippen LogP contribution in [0.4, 0.5) is 15.2 Å². The number of halogens is 1. The number of aromatic nitrogens is 1. The number of nitrogens with zero attached hydrogens (tertiary/aromatic N) is 2. The molecule has 2 rings (SSSR count). The Hall–Kier alpha value is -1.46. The number of rotatable bonds is 5. The molecule has 0 amide bonds. The van der Waals surface area contributed by atoms with Gasteiger partial charge in [-0.2, -0.15) is 0 Å². The van der Waals surface area contributed by atoms with E-state index < -0.39 is 0 Å². The molecule has 0 aliphatic heterocycles. The highest BCUT2D eigenvalue weighted by atomic mass is 32.1. The fraction of sp³-hybridized carbons (Fsp3) is 0.400. The molecule has 0 unspecified atom stereocenters. The van der Waals surface area contributed by atoms with Crippen molar-refractivity contribution in [2.75, 3.05) is 11.4 Å². The lowest BCUT2D eigenvalue weighted by Gasteiger charge is -2.19. The SMILES string of the molecule is CCN(c1ccc(F)cc1)c1nc(C(C)C)c(CN)s1. The third kappa shape index (κ3) is 2.99. The van der Waals surface area contributed by atoms with Crippen LogP contribution in [0.3, 0.4) is 0 Å². The molecule has 0 aliphatic rings. The van der Waals surface area contributed by atoms with Crippen molar-refractivity contribution in [2.24, 2.45) is 5.73 Å². The molecule has 2 N–H and O–H groups in total. The summed E-state index contributed by atoms with van der Waals surface area (Å²) >= 11 is 1.62. The molecule has 0 saturated heterocycles. The summed E-state index contributed by atoms with van der Waals surface area (Å²) in [4.78, 5) is 7.92. The average Bonchev–Trinajstić information content (AvgIpc) is 2.86. The fourth-order valence-corrected chi connectivity index (χ4v) is 3.29. The van der Waals surface area contributed by atoms with Crippen LogP contribution in [0.2, 0.25) is 0 Å². The number of hydrogen-bond acceptors (Lipinski definition) is 4. The van der Waals surface area contributed by atoms with E-state index in [4.69, 9.17) is 10.7 Å². The van der Waals surface area contributed by atoms with Gasteiger partial charge >= 0.3 is 0 Å². The average molecular weight is 293 g/mol. The number of benzene rings is 1. The molecule has 5 heteroatoms. The van der Waals surface area contributed by atoms with Crippen molar-refractivity contribution in [3.63, 3.8) is 0 Å². The maximum absolute atomic E-state index is 13.0. The first-order valence-electron chi connectivity index (χ1n) is 6.79. The van der Waals surface area contributed by atoms with Crippen molar-refractivity contribution in [3.05, 3.63) is 40.7 Å². The Balaban J connectivity index is 2.39. The van der Waals surface area contributed by atoms with Gasteiger partial charge < -0.3 is 10.6 Å². The lowest BCUT2D eigenvalue weighted by atomic mass is 10.1. The van der Waals surface area contributed by atoms with E-state index in [1.807, 2.05) is 0 Å². The summed E-state index contributed by atoms with van der Waals surface area (Å²) in [6.07, 6.45) is 0. The summed E-state index contributed by atoms with van der Waals surface area (Å²) in [5.41, 5.74) is 7.81. The van der Waals surface area contributed by atoms with E-state index in [1.54, 1.807) is 23.5 Å². The highest BCUT2D eigenvalue weighted by Gasteiger charge is 2.17. The number of anilines is 2. The van der Waals surface area contributed by atoms with Crippen LogP contribution in [0.15, 0.2) is 24.3 Å². The Bertz CT molecular complexity index is 563. The molecular weight excluding hydrogens is 273 g/mol. The summed E-state index contributed by atoms with van der Waals surface area (Å²) in [5.74, 6) is 0.125. The zero-order valence-electron chi connectivity index (χ0n) is 12.1. The number of thiazole rings is 1. The Labute approximate surface area is 123 Å². The first-order valence-corrected chi connectivity index (χ1v) is 7.61. The van der Waals surface area contributed by atoms with Gasteiger partial charge in [-0.05, 0) is 37.1 Å². The van der Waals surface area contributed by atoms with Gasteiger partial charge in [0.1, 0.15) is 5.82 Å². The molecule has 0 atom stereocenters. The van der Waals surface area contributed by atoms with Crippen molar-refractivity contribution >= 4 is 22.2 Å². The van der Waals surface area contributed by atoms with Crippen LogP contribution < -0.4 is 10.6 Å². The first-order chi connectivity index (χ1) is 9.56. The minimum Gasteiger partial charge on any atom is -0.326 e. The Morgan fingerprint density at radius 3 is 2.40 bits per heavy atom. The molecule has 0 spiro atoms. The fourth-order valence-electron chi connectivity index (χ4n) is 2.11.